The second kappa shape index (κ2) is 4.10. The van der Waals surface area contributed by atoms with Crippen LogP contribution in [0.15, 0.2) is 30.7 Å². The number of rotatable bonds is 2. The Morgan fingerprint density at radius 1 is 1.39 bits per heavy atom. The van der Waals surface area contributed by atoms with Crippen molar-refractivity contribution >= 4 is 5.91 Å². The fraction of sp³-hybridized carbons (Fsp3) is 0.273. The first-order chi connectivity index (χ1) is 8.75. The van der Waals surface area contributed by atoms with Gasteiger partial charge in [-0.3, -0.25) is 4.79 Å². The molecule has 0 saturated carbocycles. The molecule has 3 rings (SSSR count). The van der Waals surface area contributed by atoms with Crippen molar-refractivity contribution in [3.8, 4) is 5.75 Å². The van der Waals surface area contributed by atoms with Gasteiger partial charge in [-0.05, 0) is 12.1 Å². The van der Waals surface area contributed by atoms with Crippen LogP contribution in [-0.2, 0) is 0 Å². The molecular formula is C11H11N5O2. The summed E-state index contributed by atoms with van der Waals surface area (Å²) in [6.45, 7) is 1.11. The van der Waals surface area contributed by atoms with E-state index in [1.165, 1.54) is 12.3 Å². The monoisotopic (exact) mass is 245 g/mol. The molecule has 0 unspecified atom stereocenters. The summed E-state index contributed by atoms with van der Waals surface area (Å²) in [5.41, 5.74) is 0.0922. The maximum atomic E-state index is 12.0. The summed E-state index contributed by atoms with van der Waals surface area (Å²) in [5.74, 6) is -0.351. The van der Waals surface area contributed by atoms with Gasteiger partial charge in [-0.1, -0.05) is 5.21 Å². The first-order valence-electron chi connectivity index (χ1n) is 5.55. The van der Waals surface area contributed by atoms with Gasteiger partial charge in [0.25, 0.3) is 5.91 Å². The van der Waals surface area contributed by atoms with E-state index < -0.39 is 0 Å². The quantitative estimate of drug-likeness (QED) is 0.809. The van der Waals surface area contributed by atoms with Gasteiger partial charge in [0.2, 0.25) is 0 Å². The van der Waals surface area contributed by atoms with Gasteiger partial charge in [-0.15, -0.1) is 5.10 Å². The highest BCUT2D eigenvalue weighted by molar-refractivity contribution is 5.95. The fourth-order valence-electron chi connectivity index (χ4n) is 1.91. The Labute approximate surface area is 103 Å². The lowest BCUT2D eigenvalue weighted by molar-refractivity contribution is 0.0489. The minimum Gasteiger partial charge on any atom is -0.505 e. The van der Waals surface area contributed by atoms with E-state index in [0.29, 0.717) is 13.1 Å². The summed E-state index contributed by atoms with van der Waals surface area (Å²) in [4.78, 5) is 17.5. The van der Waals surface area contributed by atoms with Gasteiger partial charge < -0.3 is 10.0 Å². The second-order valence-corrected chi connectivity index (χ2v) is 4.12. The van der Waals surface area contributed by atoms with E-state index in [1.54, 1.807) is 28.0 Å². The molecule has 7 nitrogen and oxygen atoms in total. The number of aromatic nitrogens is 4. The zero-order valence-corrected chi connectivity index (χ0v) is 9.47. The van der Waals surface area contributed by atoms with Crippen molar-refractivity contribution < 1.29 is 9.90 Å². The molecule has 7 heteroatoms. The summed E-state index contributed by atoms with van der Waals surface area (Å²) < 4.78 is 1.72. The highest BCUT2D eigenvalue weighted by atomic mass is 16.3. The summed E-state index contributed by atoms with van der Waals surface area (Å²) >= 11 is 0. The fourth-order valence-corrected chi connectivity index (χ4v) is 1.91. The van der Waals surface area contributed by atoms with Gasteiger partial charge in [0.1, 0.15) is 5.75 Å². The molecule has 2 aromatic rings. The molecule has 0 aromatic carbocycles. The Morgan fingerprint density at radius 3 is 2.89 bits per heavy atom. The van der Waals surface area contributed by atoms with Crippen LogP contribution in [0.2, 0.25) is 0 Å². The van der Waals surface area contributed by atoms with Crippen molar-refractivity contribution in [1.82, 2.24) is 24.9 Å². The highest BCUT2D eigenvalue weighted by Gasteiger charge is 2.34. The van der Waals surface area contributed by atoms with Crippen molar-refractivity contribution in [2.45, 2.75) is 6.04 Å². The molecule has 1 fully saturated rings. The van der Waals surface area contributed by atoms with Crippen LogP contribution in [0.25, 0.3) is 0 Å². The van der Waals surface area contributed by atoms with E-state index in [4.69, 9.17) is 0 Å². The number of likely N-dealkylation sites (tertiary alicyclic amines) is 1. The SMILES string of the molecule is O=C(c1ncccc1O)N1CC(n2ccnn2)C1. The molecule has 0 aliphatic carbocycles. The van der Waals surface area contributed by atoms with Crippen LogP contribution in [0.5, 0.6) is 5.75 Å². The van der Waals surface area contributed by atoms with Crippen molar-refractivity contribution in [3.63, 3.8) is 0 Å². The molecule has 1 saturated heterocycles. The Morgan fingerprint density at radius 2 is 2.22 bits per heavy atom. The number of hydrogen-bond donors (Lipinski definition) is 1. The second-order valence-electron chi connectivity index (χ2n) is 4.12. The van der Waals surface area contributed by atoms with Crippen molar-refractivity contribution in [2.24, 2.45) is 0 Å². The van der Waals surface area contributed by atoms with Crippen molar-refractivity contribution in [1.29, 1.82) is 0 Å². The van der Waals surface area contributed by atoms with Crippen LogP contribution >= 0.6 is 0 Å². The van der Waals surface area contributed by atoms with Crippen LogP contribution in [0, 0.1) is 0 Å². The molecule has 0 bridgehead atoms. The van der Waals surface area contributed by atoms with E-state index >= 15 is 0 Å². The van der Waals surface area contributed by atoms with Gasteiger partial charge in [0.05, 0.1) is 12.2 Å². The molecule has 2 aromatic heterocycles. The predicted molar refractivity (Wildman–Crippen MR) is 60.9 cm³/mol. The average molecular weight is 245 g/mol. The number of carbonyl (C=O) groups excluding carboxylic acids is 1. The van der Waals surface area contributed by atoms with E-state index in [-0.39, 0.29) is 23.4 Å². The molecule has 0 atom stereocenters. The number of carbonyl (C=O) groups is 1. The van der Waals surface area contributed by atoms with Crippen molar-refractivity contribution in [3.05, 3.63) is 36.4 Å². The van der Waals surface area contributed by atoms with Crippen LogP contribution in [0.4, 0.5) is 0 Å². The van der Waals surface area contributed by atoms with Gasteiger partial charge in [-0.25, -0.2) is 9.67 Å². The Balaban J connectivity index is 1.69. The molecule has 1 aliphatic rings. The third kappa shape index (κ3) is 1.69. The minimum atomic E-state index is -0.260. The van der Waals surface area contributed by atoms with Gasteiger partial charge in [0.15, 0.2) is 5.69 Å². The first-order valence-corrected chi connectivity index (χ1v) is 5.55. The maximum Gasteiger partial charge on any atom is 0.276 e. The molecule has 92 valence electrons. The molecule has 1 N–H and O–H groups in total. The molecule has 1 aliphatic heterocycles. The largest absolute Gasteiger partial charge is 0.505 e. The van der Waals surface area contributed by atoms with Crippen LogP contribution < -0.4 is 0 Å². The summed E-state index contributed by atoms with van der Waals surface area (Å²) in [5, 5.41) is 17.2. The van der Waals surface area contributed by atoms with Crippen LogP contribution in [0.3, 0.4) is 0 Å². The average Bonchev–Trinajstić information content (AvgIpc) is 2.81. The third-order valence-electron chi connectivity index (χ3n) is 2.95. The Kier molecular flexibility index (Phi) is 2.44. The van der Waals surface area contributed by atoms with E-state index in [0.717, 1.165) is 0 Å². The molecule has 0 radical (unpaired) electrons. The number of aromatic hydroxyl groups is 1. The summed E-state index contributed by atoms with van der Waals surface area (Å²) in [6, 6.07) is 3.19. The molecule has 3 heterocycles. The minimum absolute atomic E-state index is 0.0910. The Bertz CT molecular complexity index is 563. The van der Waals surface area contributed by atoms with E-state index in [1.807, 2.05) is 0 Å². The number of hydrogen-bond acceptors (Lipinski definition) is 5. The van der Waals surface area contributed by atoms with E-state index in [9.17, 15) is 9.90 Å². The van der Waals surface area contributed by atoms with E-state index in [2.05, 4.69) is 15.3 Å². The molecule has 1 amide bonds. The zero-order valence-electron chi connectivity index (χ0n) is 9.47. The lowest BCUT2D eigenvalue weighted by Crippen LogP contribution is -2.51. The first kappa shape index (κ1) is 10.7. The lowest BCUT2D eigenvalue weighted by atomic mass is 10.1. The molecule has 0 spiro atoms. The van der Waals surface area contributed by atoms with Gasteiger partial charge >= 0.3 is 0 Å². The van der Waals surface area contributed by atoms with Gasteiger partial charge in [0, 0.05) is 25.5 Å². The standard InChI is InChI=1S/C11H11N5O2/c17-9-2-1-3-12-10(9)11(18)15-6-8(7-15)16-5-4-13-14-16/h1-5,8,17H,6-7H2. The number of amides is 1. The van der Waals surface area contributed by atoms with Crippen molar-refractivity contribution in [2.75, 3.05) is 13.1 Å². The van der Waals surface area contributed by atoms with Gasteiger partial charge in [-0.2, -0.15) is 0 Å². The normalized spacial score (nSPS) is 15.4. The van der Waals surface area contributed by atoms with Crippen LogP contribution in [0.1, 0.15) is 16.5 Å². The summed E-state index contributed by atoms with van der Waals surface area (Å²) in [6.07, 6.45) is 4.86. The zero-order chi connectivity index (χ0) is 12.5. The maximum absolute atomic E-state index is 12.0. The Hall–Kier alpha value is -2.44. The smallest absolute Gasteiger partial charge is 0.276 e. The highest BCUT2D eigenvalue weighted by Crippen LogP contribution is 2.24. The number of nitrogens with zero attached hydrogens (tertiary/aromatic N) is 5. The third-order valence-corrected chi connectivity index (χ3v) is 2.95. The molecule has 18 heavy (non-hydrogen) atoms. The topological polar surface area (TPSA) is 84.1 Å². The lowest BCUT2D eigenvalue weighted by Gasteiger charge is -2.38. The number of pyridine rings is 1. The molecular weight excluding hydrogens is 234 g/mol. The van der Waals surface area contributed by atoms with Crippen LogP contribution in [-0.4, -0.2) is 49.0 Å². The predicted octanol–water partition coefficient (Wildman–Crippen LogP) is 0.0758. The summed E-state index contributed by atoms with van der Waals surface area (Å²) in [7, 11) is 0.